The quantitative estimate of drug-likeness (QED) is 0.118. The number of Topliss-reactive ketones (excluding diaryl/α,β-unsaturated/α-hetero) is 1. The molecule has 44 heavy (non-hydrogen) atoms. The summed E-state index contributed by atoms with van der Waals surface area (Å²) in [7, 11) is 1.64. The van der Waals surface area contributed by atoms with Crippen LogP contribution in [0.3, 0.4) is 0 Å². The number of nitrogens with zero attached hydrogens (tertiary/aromatic N) is 1. The minimum Gasteiger partial charge on any atom is -0.497 e. The number of aromatic amines is 2. The second-order valence-corrected chi connectivity index (χ2v) is 11.4. The van der Waals surface area contributed by atoms with Crippen molar-refractivity contribution in [3.05, 3.63) is 83.9 Å². The number of H-pyrrole nitrogens is 2. The third kappa shape index (κ3) is 5.97. The molecule has 3 heterocycles. The summed E-state index contributed by atoms with van der Waals surface area (Å²) in [6.45, 7) is 3.89. The normalized spacial score (nSPS) is 12.2. The van der Waals surface area contributed by atoms with E-state index in [0.717, 1.165) is 80.4 Å². The lowest BCUT2D eigenvalue weighted by molar-refractivity contribution is -0.121. The molecule has 0 saturated heterocycles. The summed E-state index contributed by atoms with van der Waals surface area (Å²) in [4.78, 5) is 37.0. The molecule has 6 aromatic rings. The number of hydrogen-bond donors (Lipinski definition) is 3. The Hall–Kier alpha value is -4.85. The van der Waals surface area contributed by atoms with Gasteiger partial charge in [0.1, 0.15) is 28.5 Å². The van der Waals surface area contributed by atoms with Crippen molar-refractivity contribution < 1.29 is 18.7 Å². The Labute approximate surface area is 256 Å². The second kappa shape index (κ2) is 12.8. The number of aromatic nitrogens is 3. The maximum absolute atomic E-state index is 13.6. The first-order chi connectivity index (χ1) is 21.4. The SMILES string of the molecule is CCC(=O)CCCCCC(NC(=O)Cc1c(C)[nH]c2ccc(OC)cc12)c1ncc(-c2cccc3c2oc2ccccc23)[nH]1. The van der Waals surface area contributed by atoms with Crippen LogP contribution in [0.15, 0.2) is 71.3 Å². The Kier molecular flexibility index (Phi) is 8.50. The van der Waals surface area contributed by atoms with Gasteiger partial charge in [0.15, 0.2) is 0 Å². The fourth-order valence-corrected chi connectivity index (χ4v) is 6.03. The van der Waals surface area contributed by atoms with E-state index in [4.69, 9.17) is 14.1 Å². The highest BCUT2D eigenvalue weighted by atomic mass is 16.5. The summed E-state index contributed by atoms with van der Waals surface area (Å²) in [5.41, 5.74) is 6.27. The van der Waals surface area contributed by atoms with Gasteiger partial charge in [-0.1, -0.05) is 50.1 Å². The van der Waals surface area contributed by atoms with Crippen molar-refractivity contribution in [1.29, 1.82) is 0 Å². The van der Waals surface area contributed by atoms with Gasteiger partial charge in [-0.15, -0.1) is 0 Å². The number of hydrogen-bond acceptors (Lipinski definition) is 5. The van der Waals surface area contributed by atoms with Crippen LogP contribution in [-0.2, 0) is 16.0 Å². The lowest BCUT2D eigenvalue weighted by Crippen LogP contribution is -2.30. The van der Waals surface area contributed by atoms with Gasteiger partial charge >= 0.3 is 0 Å². The number of aryl methyl sites for hydroxylation is 1. The van der Waals surface area contributed by atoms with E-state index in [1.165, 1.54) is 0 Å². The molecule has 3 aromatic heterocycles. The molecule has 0 fully saturated rings. The summed E-state index contributed by atoms with van der Waals surface area (Å²) in [6.07, 6.45) is 6.54. The molecule has 0 bridgehead atoms. The number of fused-ring (bicyclic) bond motifs is 4. The first kappa shape index (κ1) is 29.2. The van der Waals surface area contributed by atoms with E-state index in [-0.39, 0.29) is 24.2 Å². The van der Waals surface area contributed by atoms with Crippen LogP contribution in [0.1, 0.15) is 68.6 Å². The van der Waals surface area contributed by atoms with E-state index in [9.17, 15) is 9.59 Å². The Bertz CT molecular complexity index is 1950. The van der Waals surface area contributed by atoms with Crippen LogP contribution in [0.2, 0.25) is 0 Å². The largest absolute Gasteiger partial charge is 0.497 e. The first-order valence-corrected chi connectivity index (χ1v) is 15.4. The molecule has 6 rings (SSSR count). The molecule has 226 valence electrons. The zero-order valence-electron chi connectivity index (χ0n) is 25.5. The minimum absolute atomic E-state index is 0.0830. The lowest BCUT2D eigenvalue weighted by Gasteiger charge is -2.17. The molecule has 0 saturated carbocycles. The molecule has 1 amide bonds. The first-order valence-electron chi connectivity index (χ1n) is 15.4. The van der Waals surface area contributed by atoms with Gasteiger partial charge in [0, 0.05) is 45.8 Å². The standard InChI is InChI=1S/C36H38N4O4/c1-4-23(41)11-6-5-7-15-31(39-34(42)20-28-22(2)38-30-18-17-24(43-3)19-29(28)30)36-37-21-32(40-36)27-14-10-13-26-25-12-8-9-16-33(25)44-35(26)27/h8-10,12-14,16-19,21,31,38H,4-7,11,15,20H2,1-3H3,(H,37,40)(H,39,42). The number of imidazole rings is 1. The van der Waals surface area contributed by atoms with E-state index in [1.54, 1.807) is 7.11 Å². The van der Waals surface area contributed by atoms with E-state index < -0.39 is 0 Å². The summed E-state index contributed by atoms with van der Waals surface area (Å²) in [5, 5.41) is 6.36. The van der Waals surface area contributed by atoms with Crippen LogP contribution in [-0.4, -0.2) is 33.8 Å². The molecule has 1 unspecified atom stereocenters. The Morgan fingerprint density at radius 1 is 0.977 bits per heavy atom. The number of para-hydroxylation sites is 2. The van der Waals surface area contributed by atoms with E-state index >= 15 is 0 Å². The third-order valence-corrected chi connectivity index (χ3v) is 8.46. The number of ether oxygens (including phenoxy) is 1. The van der Waals surface area contributed by atoms with Crippen molar-refractivity contribution in [2.45, 2.75) is 64.8 Å². The fraction of sp³-hybridized carbons (Fsp3) is 0.306. The number of amides is 1. The van der Waals surface area contributed by atoms with Crippen molar-refractivity contribution >= 4 is 44.5 Å². The Balaban J connectivity index is 1.25. The second-order valence-electron chi connectivity index (χ2n) is 11.4. The van der Waals surface area contributed by atoms with Crippen molar-refractivity contribution in [2.24, 2.45) is 0 Å². The summed E-state index contributed by atoms with van der Waals surface area (Å²) >= 11 is 0. The van der Waals surface area contributed by atoms with Gasteiger partial charge < -0.3 is 24.4 Å². The number of rotatable bonds is 13. The molecule has 0 spiro atoms. The van der Waals surface area contributed by atoms with E-state index in [2.05, 4.69) is 27.4 Å². The highest BCUT2D eigenvalue weighted by molar-refractivity contribution is 6.09. The molecule has 1 atom stereocenters. The van der Waals surface area contributed by atoms with Crippen molar-refractivity contribution in [1.82, 2.24) is 20.3 Å². The molecule has 0 radical (unpaired) electrons. The number of unbranched alkanes of at least 4 members (excludes halogenated alkanes) is 2. The average molecular weight is 591 g/mol. The number of benzene rings is 3. The van der Waals surface area contributed by atoms with Crippen LogP contribution in [0.5, 0.6) is 5.75 Å². The van der Waals surface area contributed by atoms with Gasteiger partial charge in [0.2, 0.25) is 5.91 Å². The van der Waals surface area contributed by atoms with E-state index in [1.807, 2.05) is 68.6 Å². The molecule has 0 aliphatic carbocycles. The van der Waals surface area contributed by atoms with Gasteiger partial charge in [0.05, 0.1) is 31.5 Å². The van der Waals surface area contributed by atoms with Crippen LogP contribution in [0, 0.1) is 6.92 Å². The van der Waals surface area contributed by atoms with Crippen LogP contribution in [0.4, 0.5) is 0 Å². The molecular formula is C36H38N4O4. The predicted octanol–water partition coefficient (Wildman–Crippen LogP) is 8.10. The number of carbonyl (C=O) groups is 2. The molecule has 8 nitrogen and oxygen atoms in total. The fourth-order valence-electron chi connectivity index (χ4n) is 6.03. The van der Waals surface area contributed by atoms with Gasteiger partial charge in [-0.2, -0.15) is 0 Å². The number of furan rings is 1. The predicted molar refractivity (Wildman–Crippen MR) is 174 cm³/mol. The number of methoxy groups -OCH3 is 1. The summed E-state index contributed by atoms with van der Waals surface area (Å²) in [6, 6.07) is 19.7. The molecular weight excluding hydrogens is 552 g/mol. The van der Waals surface area contributed by atoms with Gasteiger partial charge in [-0.05, 0) is 55.7 Å². The number of ketones is 1. The van der Waals surface area contributed by atoms with Crippen LogP contribution >= 0.6 is 0 Å². The minimum atomic E-state index is -0.312. The maximum atomic E-state index is 13.6. The monoisotopic (exact) mass is 590 g/mol. The maximum Gasteiger partial charge on any atom is 0.225 e. The molecule has 0 aliphatic heterocycles. The smallest absolute Gasteiger partial charge is 0.225 e. The average Bonchev–Trinajstić information content (AvgIpc) is 3.75. The van der Waals surface area contributed by atoms with Crippen LogP contribution in [0.25, 0.3) is 44.1 Å². The zero-order valence-corrected chi connectivity index (χ0v) is 25.5. The highest BCUT2D eigenvalue weighted by Gasteiger charge is 2.22. The Morgan fingerprint density at radius 2 is 1.82 bits per heavy atom. The van der Waals surface area contributed by atoms with E-state index in [0.29, 0.717) is 25.1 Å². The Morgan fingerprint density at radius 3 is 2.66 bits per heavy atom. The molecule has 8 heteroatoms. The van der Waals surface area contributed by atoms with Gasteiger partial charge in [0.25, 0.3) is 0 Å². The third-order valence-electron chi connectivity index (χ3n) is 8.46. The molecule has 0 aliphatic rings. The number of carbonyl (C=O) groups excluding carboxylic acids is 2. The summed E-state index contributed by atoms with van der Waals surface area (Å²) < 4.78 is 11.7. The topological polar surface area (TPSA) is 113 Å². The van der Waals surface area contributed by atoms with Crippen LogP contribution < -0.4 is 10.1 Å². The number of nitrogens with one attached hydrogen (secondary N) is 3. The van der Waals surface area contributed by atoms with Crippen molar-refractivity contribution in [3.63, 3.8) is 0 Å². The van der Waals surface area contributed by atoms with Gasteiger partial charge in [-0.25, -0.2) is 4.98 Å². The van der Waals surface area contributed by atoms with Gasteiger partial charge in [-0.3, -0.25) is 9.59 Å². The molecule has 3 N–H and O–H groups in total. The van der Waals surface area contributed by atoms with Crippen molar-refractivity contribution in [2.75, 3.05) is 7.11 Å². The zero-order chi connectivity index (χ0) is 30.6. The lowest BCUT2D eigenvalue weighted by atomic mass is 10.0. The molecule has 3 aromatic carbocycles. The summed E-state index contributed by atoms with van der Waals surface area (Å²) in [5.74, 6) is 1.65. The van der Waals surface area contributed by atoms with Crippen molar-refractivity contribution in [3.8, 4) is 17.0 Å². The highest BCUT2D eigenvalue weighted by Crippen LogP contribution is 2.35.